The minimum atomic E-state index is -0.596. The van der Waals surface area contributed by atoms with Crippen molar-refractivity contribution in [2.24, 2.45) is 4.99 Å². The quantitative estimate of drug-likeness (QED) is 0.464. The third-order valence-electron chi connectivity index (χ3n) is 2.39. The molecule has 1 amide bonds. The first kappa shape index (κ1) is 12.2. The Labute approximate surface area is 108 Å². The topological polar surface area (TPSA) is 41.9 Å². The van der Waals surface area contributed by atoms with E-state index in [4.69, 9.17) is 11.2 Å². The normalized spacial score (nSPS) is 13.1. The van der Waals surface area contributed by atoms with Crippen LogP contribution in [0, 0.1) is 18.2 Å². The first-order valence-corrected chi connectivity index (χ1v) is 5.36. The maximum atomic E-state index is 13.6. The highest BCUT2D eigenvalue weighted by atomic mass is 32.1. The first-order chi connectivity index (χ1) is 8.67. The van der Waals surface area contributed by atoms with Gasteiger partial charge in [-0.15, -0.1) is 6.42 Å². The van der Waals surface area contributed by atoms with Crippen LogP contribution in [0.1, 0.15) is 0 Å². The molecule has 6 heteroatoms. The van der Waals surface area contributed by atoms with Crippen molar-refractivity contribution < 1.29 is 13.9 Å². The minimum absolute atomic E-state index is 0.0101. The highest BCUT2D eigenvalue weighted by molar-refractivity contribution is 7.78. The van der Waals surface area contributed by atoms with Gasteiger partial charge in [0.05, 0.1) is 17.4 Å². The van der Waals surface area contributed by atoms with Crippen molar-refractivity contribution in [3.05, 3.63) is 17.9 Å². The molecule has 0 bridgehead atoms. The van der Waals surface area contributed by atoms with Gasteiger partial charge < -0.3 is 4.74 Å². The van der Waals surface area contributed by atoms with Crippen LogP contribution in [-0.4, -0.2) is 24.2 Å². The molecule has 0 spiro atoms. The summed E-state index contributed by atoms with van der Waals surface area (Å²) in [5.74, 6) is 1.74. The Morgan fingerprint density at radius 3 is 3.06 bits per heavy atom. The van der Waals surface area contributed by atoms with E-state index in [1.807, 2.05) is 0 Å². The van der Waals surface area contributed by atoms with E-state index < -0.39 is 5.82 Å². The molecule has 0 N–H and O–H groups in total. The lowest BCUT2D eigenvalue weighted by Crippen LogP contribution is -2.39. The van der Waals surface area contributed by atoms with Gasteiger partial charge in [-0.05, 0) is 18.3 Å². The number of hydrogen-bond acceptors (Lipinski definition) is 4. The van der Waals surface area contributed by atoms with E-state index in [2.05, 4.69) is 28.3 Å². The van der Waals surface area contributed by atoms with Crippen molar-refractivity contribution in [1.29, 1.82) is 0 Å². The lowest BCUT2D eigenvalue weighted by Gasteiger charge is -2.28. The molecule has 0 unspecified atom stereocenters. The molecular weight excluding hydrogens is 255 g/mol. The number of carbonyl (C=O) groups excluding carboxylic acids is 1. The molecule has 4 nitrogen and oxygen atoms in total. The summed E-state index contributed by atoms with van der Waals surface area (Å²) in [6, 6.07) is 2.51. The number of thiocarbonyl (C=S) groups is 1. The highest BCUT2D eigenvalue weighted by Gasteiger charge is 2.26. The van der Waals surface area contributed by atoms with E-state index in [1.165, 1.54) is 11.0 Å². The van der Waals surface area contributed by atoms with Crippen LogP contribution in [0.5, 0.6) is 5.75 Å². The molecule has 1 heterocycles. The van der Waals surface area contributed by atoms with Crippen LogP contribution >= 0.6 is 12.2 Å². The van der Waals surface area contributed by atoms with E-state index in [0.29, 0.717) is 5.69 Å². The number of isothiocyanates is 1. The Hall–Kier alpha value is -2.22. The number of benzene rings is 1. The third-order valence-corrected chi connectivity index (χ3v) is 2.48. The van der Waals surface area contributed by atoms with Crippen molar-refractivity contribution >= 4 is 34.7 Å². The number of nitrogens with zero attached hydrogens (tertiary/aromatic N) is 2. The van der Waals surface area contributed by atoms with Gasteiger partial charge in [0.15, 0.2) is 12.4 Å². The molecule has 1 aliphatic rings. The molecule has 0 aliphatic carbocycles. The van der Waals surface area contributed by atoms with E-state index in [9.17, 15) is 9.18 Å². The molecule has 0 radical (unpaired) electrons. The zero-order valence-corrected chi connectivity index (χ0v) is 9.96. The SMILES string of the molecule is C#CCN1C(=O)COc2cc(F)c(N=C=S)cc21. The fraction of sp³-hybridized carbons (Fsp3) is 0.167. The number of halogens is 1. The fourth-order valence-corrected chi connectivity index (χ4v) is 1.71. The maximum Gasteiger partial charge on any atom is 0.265 e. The van der Waals surface area contributed by atoms with E-state index in [0.717, 1.165) is 6.07 Å². The van der Waals surface area contributed by atoms with Crippen molar-refractivity contribution in [2.45, 2.75) is 0 Å². The second-order valence-corrected chi connectivity index (χ2v) is 3.63. The number of hydrogen-bond donors (Lipinski definition) is 0. The summed E-state index contributed by atoms with van der Waals surface area (Å²) >= 11 is 4.42. The average Bonchev–Trinajstić information content (AvgIpc) is 2.35. The molecule has 0 aromatic heterocycles. The lowest BCUT2D eigenvalue weighted by molar-refractivity contribution is -0.121. The molecule has 18 heavy (non-hydrogen) atoms. The molecule has 0 fully saturated rings. The number of anilines is 1. The van der Waals surface area contributed by atoms with Crippen LogP contribution in [0.4, 0.5) is 15.8 Å². The van der Waals surface area contributed by atoms with E-state index >= 15 is 0 Å². The number of terminal acetylenes is 1. The van der Waals surface area contributed by atoms with Gasteiger partial charge in [0.1, 0.15) is 11.4 Å². The molecule has 0 saturated heterocycles. The number of ether oxygens (including phenoxy) is 1. The summed E-state index contributed by atoms with van der Waals surface area (Å²) in [5, 5.41) is 2.07. The Morgan fingerprint density at radius 2 is 2.39 bits per heavy atom. The van der Waals surface area contributed by atoms with Crippen molar-refractivity contribution in [3.63, 3.8) is 0 Å². The highest BCUT2D eigenvalue weighted by Crippen LogP contribution is 2.37. The fourth-order valence-electron chi connectivity index (χ4n) is 1.61. The van der Waals surface area contributed by atoms with Crippen LogP contribution in [0.25, 0.3) is 0 Å². The largest absolute Gasteiger partial charge is 0.481 e. The average molecular weight is 262 g/mol. The number of amides is 1. The number of rotatable bonds is 2. The van der Waals surface area contributed by atoms with Gasteiger partial charge in [-0.3, -0.25) is 9.69 Å². The Kier molecular flexibility index (Phi) is 3.38. The number of fused-ring (bicyclic) bond motifs is 1. The minimum Gasteiger partial charge on any atom is -0.481 e. The molecule has 1 aromatic carbocycles. The number of carbonyl (C=O) groups is 1. The van der Waals surface area contributed by atoms with Crippen molar-refractivity contribution in [2.75, 3.05) is 18.1 Å². The summed E-state index contributed by atoms with van der Waals surface area (Å²) in [7, 11) is 0. The van der Waals surface area contributed by atoms with Gasteiger partial charge in [0.2, 0.25) is 0 Å². The summed E-state index contributed by atoms with van der Waals surface area (Å²) < 4.78 is 18.7. The Bertz CT molecular complexity index is 603. The molecular formula is C12H7FN2O2S. The van der Waals surface area contributed by atoms with Gasteiger partial charge in [0.25, 0.3) is 5.91 Å². The van der Waals surface area contributed by atoms with Crippen molar-refractivity contribution in [1.82, 2.24) is 0 Å². The zero-order chi connectivity index (χ0) is 13.1. The Morgan fingerprint density at radius 1 is 1.61 bits per heavy atom. The summed E-state index contributed by atoms with van der Waals surface area (Å²) in [6.45, 7) is -0.0779. The van der Waals surface area contributed by atoms with Crippen LogP contribution in [0.2, 0.25) is 0 Å². The first-order valence-electron chi connectivity index (χ1n) is 4.95. The number of aliphatic imine (C=N–C) groups is 1. The monoisotopic (exact) mass is 262 g/mol. The second-order valence-electron chi connectivity index (χ2n) is 3.45. The predicted octanol–water partition coefficient (Wildman–Crippen LogP) is 1.92. The lowest BCUT2D eigenvalue weighted by atomic mass is 10.2. The molecule has 0 atom stereocenters. The molecule has 0 saturated carbocycles. The molecule has 1 aliphatic heterocycles. The van der Waals surface area contributed by atoms with Gasteiger partial charge >= 0.3 is 0 Å². The van der Waals surface area contributed by atoms with Crippen LogP contribution in [0.15, 0.2) is 17.1 Å². The van der Waals surface area contributed by atoms with Crippen molar-refractivity contribution in [3.8, 4) is 18.1 Å². The zero-order valence-electron chi connectivity index (χ0n) is 9.14. The molecule has 2 rings (SSSR count). The Balaban J connectivity index is 2.56. The predicted molar refractivity (Wildman–Crippen MR) is 67.8 cm³/mol. The van der Waals surface area contributed by atoms with Gasteiger partial charge in [-0.1, -0.05) is 5.92 Å². The smallest absolute Gasteiger partial charge is 0.265 e. The molecule has 1 aromatic rings. The summed E-state index contributed by atoms with van der Waals surface area (Å²) in [6.07, 6.45) is 5.19. The summed E-state index contributed by atoms with van der Waals surface area (Å²) in [4.78, 5) is 16.6. The van der Waals surface area contributed by atoms with Gasteiger partial charge in [-0.2, -0.15) is 4.99 Å². The second kappa shape index (κ2) is 4.96. The van der Waals surface area contributed by atoms with Gasteiger partial charge in [-0.25, -0.2) is 4.39 Å². The van der Waals surface area contributed by atoms with Crippen LogP contribution in [-0.2, 0) is 4.79 Å². The summed E-state index contributed by atoms with van der Waals surface area (Å²) in [5.41, 5.74) is 0.374. The molecule has 90 valence electrons. The van der Waals surface area contributed by atoms with E-state index in [1.54, 1.807) is 0 Å². The maximum absolute atomic E-state index is 13.6. The van der Waals surface area contributed by atoms with Crippen LogP contribution in [0.3, 0.4) is 0 Å². The van der Waals surface area contributed by atoms with E-state index in [-0.39, 0.29) is 30.5 Å². The van der Waals surface area contributed by atoms with Crippen LogP contribution < -0.4 is 9.64 Å². The third kappa shape index (κ3) is 2.09. The standard InChI is InChI=1S/C12H7FN2O2S/c1-2-3-15-10-5-9(14-7-18)8(13)4-11(10)17-6-12(15)16/h1,4-5H,3,6H2. The van der Waals surface area contributed by atoms with Gasteiger partial charge in [0, 0.05) is 6.07 Å².